The van der Waals surface area contributed by atoms with E-state index < -0.39 is 0 Å². The summed E-state index contributed by atoms with van der Waals surface area (Å²) in [6.45, 7) is 10.2. The second kappa shape index (κ2) is 7.29. The average Bonchev–Trinajstić information content (AvgIpc) is 2.67. The van der Waals surface area contributed by atoms with E-state index in [2.05, 4.69) is 31.4 Å². The summed E-state index contributed by atoms with van der Waals surface area (Å²) in [5, 5.41) is 7.07. The van der Waals surface area contributed by atoms with Crippen molar-refractivity contribution in [1.82, 2.24) is 10.6 Å². The zero-order chi connectivity index (χ0) is 11.9. The van der Waals surface area contributed by atoms with Gasteiger partial charge >= 0.3 is 0 Å². The fourth-order valence-electron chi connectivity index (χ4n) is 2.41. The maximum atomic E-state index is 3.56. The van der Waals surface area contributed by atoms with Gasteiger partial charge < -0.3 is 10.6 Å². The summed E-state index contributed by atoms with van der Waals surface area (Å²) in [6, 6.07) is 0. The summed E-state index contributed by atoms with van der Waals surface area (Å²) in [4.78, 5) is 0. The molecule has 0 aromatic rings. The SMILES string of the molecule is CC(C)(C)NCCCNCCC1CCCC1. The van der Waals surface area contributed by atoms with Gasteiger partial charge in [-0.1, -0.05) is 25.7 Å². The van der Waals surface area contributed by atoms with Crippen molar-refractivity contribution in [1.29, 1.82) is 0 Å². The summed E-state index contributed by atoms with van der Waals surface area (Å²) in [5.74, 6) is 1.03. The molecule has 0 aliphatic heterocycles. The van der Waals surface area contributed by atoms with Crippen LogP contribution in [0.4, 0.5) is 0 Å². The number of hydrogen-bond donors (Lipinski definition) is 2. The molecule has 0 saturated heterocycles. The van der Waals surface area contributed by atoms with Gasteiger partial charge in [0.2, 0.25) is 0 Å². The van der Waals surface area contributed by atoms with Crippen LogP contribution in [0.25, 0.3) is 0 Å². The van der Waals surface area contributed by atoms with Crippen LogP contribution in [0.15, 0.2) is 0 Å². The van der Waals surface area contributed by atoms with E-state index in [4.69, 9.17) is 0 Å². The van der Waals surface area contributed by atoms with Crippen LogP contribution in [-0.2, 0) is 0 Å². The highest BCUT2D eigenvalue weighted by atomic mass is 14.9. The predicted octanol–water partition coefficient (Wildman–Crippen LogP) is 2.93. The van der Waals surface area contributed by atoms with Gasteiger partial charge in [0.25, 0.3) is 0 Å². The first-order chi connectivity index (χ1) is 7.58. The molecule has 0 heterocycles. The number of hydrogen-bond acceptors (Lipinski definition) is 2. The second-order valence-electron chi connectivity index (χ2n) is 6.22. The van der Waals surface area contributed by atoms with Gasteiger partial charge in [-0.05, 0) is 59.2 Å². The van der Waals surface area contributed by atoms with E-state index in [-0.39, 0.29) is 5.54 Å². The minimum Gasteiger partial charge on any atom is -0.317 e. The average molecular weight is 226 g/mol. The zero-order valence-electron chi connectivity index (χ0n) is 11.4. The summed E-state index contributed by atoms with van der Waals surface area (Å²) in [6.07, 6.45) is 8.54. The highest BCUT2D eigenvalue weighted by Crippen LogP contribution is 2.26. The van der Waals surface area contributed by atoms with Gasteiger partial charge in [-0.3, -0.25) is 0 Å². The molecule has 0 aromatic heterocycles. The lowest BCUT2D eigenvalue weighted by Gasteiger charge is -2.20. The molecule has 2 heteroatoms. The van der Waals surface area contributed by atoms with Gasteiger partial charge in [-0.25, -0.2) is 0 Å². The van der Waals surface area contributed by atoms with E-state index in [9.17, 15) is 0 Å². The molecule has 1 aliphatic carbocycles. The smallest absolute Gasteiger partial charge is 0.00965 e. The van der Waals surface area contributed by atoms with Crippen LogP contribution >= 0.6 is 0 Å². The summed E-state index contributed by atoms with van der Waals surface area (Å²) < 4.78 is 0. The Kier molecular flexibility index (Phi) is 6.37. The topological polar surface area (TPSA) is 24.1 Å². The fraction of sp³-hybridized carbons (Fsp3) is 1.00. The molecule has 2 nitrogen and oxygen atoms in total. The van der Waals surface area contributed by atoms with Gasteiger partial charge in [0.15, 0.2) is 0 Å². The lowest BCUT2D eigenvalue weighted by Crippen LogP contribution is -2.37. The Balaban J connectivity index is 1.81. The third kappa shape index (κ3) is 7.24. The third-order valence-electron chi connectivity index (χ3n) is 3.39. The lowest BCUT2D eigenvalue weighted by molar-refractivity contribution is 0.414. The van der Waals surface area contributed by atoms with Gasteiger partial charge in [0.05, 0.1) is 0 Å². The summed E-state index contributed by atoms with van der Waals surface area (Å²) in [7, 11) is 0. The van der Waals surface area contributed by atoms with E-state index >= 15 is 0 Å². The van der Waals surface area contributed by atoms with Gasteiger partial charge in [0.1, 0.15) is 0 Å². The van der Waals surface area contributed by atoms with Crippen LogP contribution in [0.5, 0.6) is 0 Å². The normalized spacial score (nSPS) is 18.2. The van der Waals surface area contributed by atoms with E-state index in [1.807, 2.05) is 0 Å². The molecule has 0 radical (unpaired) electrons. The maximum absolute atomic E-state index is 3.56. The summed E-state index contributed by atoms with van der Waals surface area (Å²) in [5.41, 5.74) is 0.268. The van der Waals surface area contributed by atoms with Crippen LogP contribution < -0.4 is 10.6 Å². The Morgan fingerprint density at radius 3 is 2.31 bits per heavy atom. The van der Waals surface area contributed by atoms with Gasteiger partial charge in [-0.2, -0.15) is 0 Å². The monoisotopic (exact) mass is 226 g/mol. The quantitative estimate of drug-likeness (QED) is 0.652. The van der Waals surface area contributed by atoms with Crippen molar-refractivity contribution in [3.05, 3.63) is 0 Å². The zero-order valence-corrected chi connectivity index (χ0v) is 11.4. The predicted molar refractivity (Wildman–Crippen MR) is 71.8 cm³/mol. The second-order valence-corrected chi connectivity index (χ2v) is 6.22. The van der Waals surface area contributed by atoms with Crippen LogP contribution in [0.3, 0.4) is 0 Å². The van der Waals surface area contributed by atoms with E-state index in [1.54, 1.807) is 0 Å². The van der Waals surface area contributed by atoms with Crippen LogP contribution in [0.2, 0.25) is 0 Å². The molecule has 1 rings (SSSR count). The van der Waals surface area contributed by atoms with Crippen molar-refractivity contribution in [2.24, 2.45) is 5.92 Å². The minimum absolute atomic E-state index is 0.268. The highest BCUT2D eigenvalue weighted by molar-refractivity contribution is 4.70. The Morgan fingerprint density at radius 1 is 1.00 bits per heavy atom. The first-order valence-corrected chi connectivity index (χ1v) is 7.04. The molecule has 16 heavy (non-hydrogen) atoms. The molecule has 2 N–H and O–H groups in total. The van der Waals surface area contributed by atoms with Gasteiger partial charge in [-0.15, -0.1) is 0 Å². The molecular formula is C14H30N2. The van der Waals surface area contributed by atoms with E-state index in [0.29, 0.717) is 0 Å². The molecule has 1 fully saturated rings. The Hall–Kier alpha value is -0.0800. The Morgan fingerprint density at radius 2 is 1.69 bits per heavy atom. The van der Waals surface area contributed by atoms with Crippen LogP contribution in [-0.4, -0.2) is 25.2 Å². The maximum Gasteiger partial charge on any atom is 0.00965 e. The summed E-state index contributed by atoms with van der Waals surface area (Å²) >= 11 is 0. The van der Waals surface area contributed by atoms with E-state index in [0.717, 1.165) is 19.0 Å². The van der Waals surface area contributed by atoms with Gasteiger partial charge in [0, 0.05) is 5.54 Å². The molecule has 1 saturated carbocycles. The Bertz CT molecular complexity index is 166. The number of rotatable bonds is 7. The standard InChI is InChI=1S/C14H30N2/c1-14(2,3)16-11-6-10-15-12-9-13-7-4-5-8-13/h13,15-16H,4-12H2,1-3H3. The lowest BCUT2D eigenvalue weighted by atomic mass is 10.0. The molecular weight excluding hydrogens is 196 g/mol. The molecule has 1 aliphatic rings. The third-order valence-corrected chi connectivity index (χ3v) is 3.39. The molecule has 0 bridgehead atoms. The minimum atomic E-state index is 0.268. The van der Waals surface area contributed by atoms with Crippen molar-refractivity contribution < 1.29 is 0 Å². The molecule has 0 aromatic carbocycles. The fourth-order valence-corrected chi connectivity index (χ4v) is 2.41. The van der Waals surface area contributed by atoms with Crippen molar-refractivity contribution in [3.63, 3.8) is 0 Å². The van der Waals surface area contributed by atoms with E-state index in [1.165, 1.54) is 45.1 Å². The largest absolute Gasteiger partial charge is 0.317 e. The van der Waals surface area contributed by atoms with Crippen molar-refractivity contribution in [3.8, 4) is 0 Å². The first-order valence-electron chi connectivity index (χ1n) is 7.04. The molecule has 96 valence electrons. The van der Waals surface area contributed by atoms with Crippen LogP contribution in [0, 0.1) is 5.92 Å². The van der Waals surface area contributed by atoms with Crippen LogP contribution in [0.1, 0.15) is 59.3 Å². The molecule has 0 amide bonds. The Labute approximate surface area is 102 Å². The van der Waals surface area contributed by atoms with Crippen molar-refractivity contribution in [2.45, 2.75) is 64.8 Å². The van der Waals surface area contributed by atoms with Crippen molar-refractivity contribution >= 4 is 0 Å². The van der Waals surface area contributed by atoms with Crippen molar-refractivity contribution in [2.75, 3.05) is 19.6 Å². The molecule has 0 atom stereocenters. The highest BCUT2D eigenvalue weighted by Gasteiger charge is 2.13. The molecule has 0 spiro atoms. The molecule has 0 unspecified atom stereocenters. The number of nitrogens with one attached hydrogen (secondary N) is 2. The first kappa shape index (κ1) is 14.0.